The highest BCUT2D eigenvalue weighted by atomic mass is 32.2. The largest absolute Gasteiger partial charge is 0.317 e. The number of hydrogen-bond acceptors (Lipinski definition) is 3. The number of hydrogen-bond donors (Lipinski definition) is 0. The number of amides is 1. The molecule has 0 radical (unpaired) electrons. The van der Waals surface area contributed by atoms with Crippen LogP contribution in [0.15, 0.2) is 70.7 Å². The van der Waals surface area contributed by atoms with Gasteiger partial charge in [0.25, 0.3) is 5.91 Å². The van der Waals surface area contributed by atoms with Crippen LogP contribution in [0.4, 0.5) is 10.1 Å². The summed E-state index contributed by atoms with van der Waals surface area (Å²) < 4.78 is 15.3. The average molecular weight is 420 g/mol. The molecule has 1 aromatic heterocycles. The lowest BCUT2D eigenvalue weighted by Crippen LogP contribution is -2.28. The van der Waals surface area contributed by atoms with Crippen LogP contribution in [0.1, 0.15) is 23.7 Å². The predicted octanol–water partition coefficient (Wildman–Crippen LogP) is 5.86. The first-order valence-corrected chi connectivity index (χ1v) is 10.6. The molecule has 1 amide bonds. The molecule has 3 aromatic rings. The van der Waals surface area contributed by atoms with Crippen molar-refractivity contribution in [1.82, 2.24) is 9.47 Å². The van der Waals surface area contributed by atoms with E-state index in [-0.39, 0.29) is 11.7 Å². The summed E-state index contributed by atoms with van der Waals surface area (Å²) in [5, 5.41) is 0.602. The zero-order valence-electron chi connectivity index (χ0n) is 17.1. The molecule has 0 bridgehead atoms. The van der Waals surface area contributed by atoms with Crippen molar-refractivity contribution in [1.29, 1.82) is 0 Å². The van der Waals surface area contributed by atoms with Crippen LogP contribution < -0.4 is 0 Å². The van der Waals surface area contributed by atoms with Gasteiger partial charge in [-0.25, -0.2) is 9.38 Å². The molecule has 4 nitrogen and oxygen atoms in total. The molecule has 2 heterocycles. The number of aryl methyl sites for hydroxylation is 1. The normalized spacial score (nSPS) is 16.8. The van der Waals surface area contributed by atoms with E-state index in [9.17, 15) is 9.18 Å². The average Bonchev–Trinajstić information content (AvgIpc) is 3.30. The molecule has 1 aliphatic heterocycles. The summed E-state index contributed by atoms with van der Waals surface area (Å²) in [6, 6.07) is 16.1. The van der Waals surface area contributed by atoms with Crippen LogP contribution in [0.3, 0.4) is 0 Å². The lowest BCUT2D eigenvalue weighted by Gasteiger charge is -2.13. The molecule has 6 heteroatoms. The van der Waals surface area contributed by atoms with Crippen LogP contribution in [-0.2, 0) is 4.79 Å². The second kappa shape index (κ2) is 8.32. The van der Waals surface area contributed by atoms with Gasteiger partial charge in [-0.1, -0.05) is 12.1 Å². The molecule has 1 saturated heterocycles. The van der Waals surface area contributed by atoms with E-state index in [1.807, 2.05) is 37.4 Å². The van der Waals surface area contributed by atoms with E-state index in [1.165, 1.54) is 35.0 Å². The number of aliphatic imine (C=N–C) groups is 1. The monoisotopic (exact) mass is 419 g/mol. The van der Waals surface area contributed by atoms with E-state index < -0.39 is 0 Å². The second-order valence-corrected chi connectivity index (χ2v) is 8.06. The van der Waals surface area contributed by atoms with E-state index >= 15 is 0 Å². The first-order valence-electron chi connectivity index (χ1n) is 9.77. The zero-order valence-corrected chi connectivity index (χ0v) is 17.9. The van der Waals surface area contributed by atoms with Crippen LogP contribution in [0.5, 0.6) is 0 Å². The van der Waals surface area contributed by atoms with E-state index in [2.05, 4.69) is 35.5 Å². The van der Waals surface area contributed by atoms with Gasteiger partial charge in [0.1, 0.15) is 5.82 Å². The molecule has 30 heavy (non-hydrogen) atoms. The highest BCUT2D eigenvalue weighted by Gasteiger charge is 2.32. The number of halogens is 1. The molecular formula is C24H22FN3OS. The van der Waals surface area contributed by atoms with Crippen molar-refractivity contribution >= 4 is 34.6 Å². The van der Waals surface area contributed by atoms with Gasteiger partial charge in [0.2, 0.25) is 0 Å². The van der Waals surface area contributed by atoms with Crippen molar-refractivity contribution in [2.24, 2.45) is 4.99 Å². The van der Waals surface area contributed by atoms with Gasteiger partial charge >= 0.3 is 0 Å². The number of amidine groups is 1. The topological polar surface area (TPSA) is 37.6 Å². The molecule has 1 fully saturated rings. The summed E-state index contributed by atoms with van der Waals surface area (Å²) in [7, 11) is 0. The van der Waals surface area contributed by atoms with Crippen molar-refractivity contribution < 1.29 is 9.18 Å². The fraction of sp³-hybridized carbons (Fsp3) is 0.167. The Balaban J connectivity index is 1.70. The third-order valence-corrected chi connectivity index (χ3v) is 6.16. The van der Waals surface area contributed by atoms with Crippen molar-refractivity contribution in [3.05, 3.63) is 88.3 Å². The third kappa shape index (κ3) is 3.83. The second-order valence-electron chi connectivity index (χ2n) is 7.05. The molecule has 0 saturated carbocycles. The van der Waals surface area contributed by atoms with E-state index in [1.54, 1.807) is 17.0 Å². The molecule has 0 aliphatic carbocycles. The van der Waals surface area contributed by atoms with Gasteiger partial charge in [0, 0.05) is 24.1 Å². The van der Waals surface area contributed by atoms with Gasteiger partial charge in [-0.05, 0) is 92.2 Å². The highest BCUT2D eigenvalue weighted by molar-refractivity contribution is 8.18. The minimum Gasteiger partial charge on any atom is -0.317 e. The van der Waals surface area contributed by atoms with E-state index in [4.69, 9.17) is 0 Å². The van der Waals surface area contributed by atoms with Crippen LogP contribution in [-0.4, -0.2) is 27.1 Å². The number of benzene rings is 2. The zero-order chi connectivity index (χ0) is 21.3. The van der Waals surface area contributed by atoms with Crippen LogP contribution in [0, 0.1) is 19.7 Å². The third-order valence-electron chi connectivity index (χ3n) is 5.15. The number of likely N-dealkylation sites (N-methyl/N-ethyl adjacent to an activating group) is 1. The smallest absolute Gasteiger partial charge is 0.266 e. The number of thioether (sulfide) groups is 1. The number of carbonyl (C=O) groups is 1. The number of aromatic nitrogens is 1. The summed E-state index contributed by atoms with van der Waals surface area (Å²) in [5.41, 5.74) is 5.06. The Morgan fingerprint density at radius 2 is 1.83 bits per heavy atom. The summed E-state index contributed by atoms with van der Waals surface area (Å²) >= 11 is 1.34. The molecular weight excluding hydrogens is 397 g/mol. The lowest BCUT2D eigenvalue weighted by atomic mass is 10.1. The van der Waals surface area contributed by atoms with Crippen molar-refractivity contribution in [2.75, 3.05) is 6.54 Å². The molecule has 0 N–H and O–H groups in total. The SMILES string of the molecule is CCN1C(=O)/C(=C\c2cccn2-c2cccc(C)c2C)SC1=Nc1ccc(F)cc1. The standard InChI is InChI=1S/C24H22FN3OS/c1-4-27-23(29)22(30-24(27)26-19-12-10-18(25)11-13-19)15-20-8-6-14-28(20)21-9-5-7-16(2)17(21)3/h5-15H,4H2,1-3H3/b22-15+,26-24?. The summed E-state index contributed by atoms with van der Waals surface area (Å²) in [5.74, 6) is -0.383. The Morgan fingerprint density at radius 1 is 1.07 bits per heavy atom. The van der Waals surface area contributed by atoms with E-state index in [0.29, 0.717) is 22.3 Å². The van der Waals surface area contributed by atoms with E-state index in [0.717, 1.165) is 11.4 Å². The maximum absolute atomic E-state index is 13.2. The van der Waals surface area contributed by atoms with Gasteiger partial charge < -0.3 is 4.57 Å². The Bertz CT molecular complexity index is 1160. The van der Waals surface area contributed by atoms with Crippen LogP contribution in [0.2, 0.25) is 0 Å². The van der Waals surface area contributed by atoms with Gasteiger partial charge in [-0.15, -0.1) is 0 Å². The molecule has 0 unspecified atom stereocenters. The lowest BCUT2D eigenvalue weighted by molar-refractivity contribution is -0.122. The molecule has 0 spiro atoms. The number of rotatable bonds is 4. The Kier molecular flexibility index (Phi) is 5.59. The maximum atomic E-state index is 13.2. The first-order chi connectivity index (χ1) is 14.5. The fourth-order valence-corrected chi connectivity index (χ4v) is 4.41. The molecule has 0 atom stereocenters. The molecule has 152 valence electrons. The van der Waals surface area contributed by atoms with Gasteiger partial charge in [0.05, 0.1) is 10.6 Å². The van der Waals surface area contributed by atoms with Crippen molar-refractivity contribution in [3.8, 4) is 5.69 Å². The molecule has 2 aromatic carbocycles. The Morgan fingerprint density at radius 3 is 2.57 bits per heavy atom. The molecule has 1 aliphatic rings. The highest BCUT2D eigenvalue weighted by Crippen LogP contribution is 2.34. The van der Waals surface area contributed by atoms with Crippen molar-refractivity contribution in [2.45, 2.75) is 20.8 Å². The predicted molar refractivity (Wildman–Crippen MR) is 122 cm³/mol. The maximum Gasteiger partial charge on any atom is 0.266 e. The van der Waals surface area contributed by atoms with Crippen molar-refractivity contribution in [3.63, 3.8) is 0 Å². The summed E-state index contributed by atoms with van der Waals surface area (Å²) in [4.78, 5) is 19.8. The molecule has 4 rings (SSSR count). The number of carbonyl (C=O) groups excluding carboxylic acids is 1. The summed E-state index contributed by atoms with van der Waals surface area (Å²) in [6.45, 7) is 6.62. The Hall–Kier alpha value is -3.12. The Labute approximate surface area is 179 Å². The number of nitrogens with zero attached hydrogens (tertiary/aromatic N) is 3. The van der Waals surface area contributed by atoms with Gasteiger partial charge in [-0.3, -0.25) is 9.69 Å². The van der Waals surface area contributed by atoms with Gasteiger partial charge in [-0.2, -0.15) is 0 Å². The van der Waals surface area contributed by atoms with Crippen LogP contribution in [0.25, 0.3) is 11.8 Å². The van der Waals surface area contributed by atoms with Crippen LogP contribution >= 0.6 is 11.8 Å². The minimum atomic E-state index is -0.311. The van der Waals surface area contributed by atoms with Gasteiger partial charge in [0.15, 0.2) is 5.17 Å². The minimum absolute atomic E-state index is 0.0722. The quantitative estimate of drug-likeness (QED) is 0.497. The first kappa shape index (κ1) is 20.2. The summed E-state index contributed by atoms with van der Waals surface area (Å²) in [6.07, 6.45) is 3.91. The fourth-order valence-electron chi connectivity index (χ4n) is 3.36.